The third kappa shape index (κ3) is 6.27. The summed E-state index contributed by atoms with van der Waals surface area (Å²) in [4.78, 5) is 13.2. The van der Waals surface area contributed by atoms with Crippen LogP contribution in [0.25, 0.3) is 0 Å². The van der Waals surface area contributed by atoms with Crippen molar-refractivity contribution in [3.8, 4) is 0 Å². The van der Waals surface area contributed by atoms with Crippen molar-refractivity contribution in [1.82, 2.24) is 13.9 Å². The summed E-state index contributed by atoms with van der Waals surface area (Å²) in [7, 11) is -0.916. The summed E-state index contributed by atoms with van der Waals surface area (Å²) in [5.74, 6) is -0.439. The molecule has 1 aliphatic rings. The lowest BCUT2D eigenvalue weighted by atomic mass is 10.3. The van der Waals surface area contributed by atoms with E-state index in [0.29, 0.717) is 13.2 Å². The normalized spacial score (nSPS) is 20.7. The van der Waals surface area contributed by atoms with Gasteiger partial charge in [0.15, 0.2) is 0 Å². The molecule has 1 unspecified atom stereocenters. The second-order valence-electron chi connectivity index (χ2n) is 4.89. The highest BCUT2D eigenvalue weighted by Gasteiger charge is 2.23. The topological polar surface area (TPSA) is 88.2 Å². The largest absolute Gasteiger partial charge is 0.469 e. The average molecular weight is 323 g/mol. The number of carbonyl (C=O) groups excluding carboxylic acids is 1. The molecule has 1 heterocycles. The molecule has 0 aliphatic carbocycles. The van der Waals surface area contributed by atoms with Gasteiger partial charge in [-0.3, -0.25) is 9.69 Å². The maximum atomic E-state index is 12.0. The molecule has 0 aromatic rings. The van der Waals surface area contributed by atoms with Gasteiger partial charge in [-0.15, -0.1) is 0 Å². The van der Waals surface area contributed by atoms with Crippen molar-refractivity contribution in [1.29, 1.82) is 0 Å². The monoisotopic (exact) mass is 323 g/mol. The van der Waals surface area contributed by atoms with Gasteiger partial charge in [0.1, 0.15) is 0 Å². The van der Waals surface area contributed by atoms with E-state index in [-0.39, 0.29) is 25.6 Å². The first kappa shape index (κ1) is 18.3. The number of carbonyl (C=O) groups is 1. The molecular weight excluding hydrogens is 298 g/mol. The Kier molecular flexibility index (Phi) is 7.53. The Balaban J connectivity index is 2.39. The molecule has 0 amide bonds. The number of rotatable bonds is 8. The molecule has 1 atom stereocenters. The van der Waals surface area contributed by atoms with Gasteiger partial charge < -0.3 is 9.47 Å². The Hall–Kier alpha value is -0.740. The van der Waals surface area contributed by atoms with Crippen LogP contribution in [-0.2, 0) is 24.5 Å². The Morgan fingerprint density at radius 2 is 2.24 bits per heavy atom. The zero-order chi connectivity index (χ0) is 15.9. The first-order valence-corrected chi connectivity index (χ1v) is 8.44. The summed E-state index contributed by atoms with van der Waals surface area (Å²) in [5.41, 5.74) is 0. The average Bonchev–Trinajstić information content (AvgIpc) is 2.50. The lowest BCUT2D eigenvalue weighted by molar-refractivity contribution is -0.140. The molecule has 1 rings (SSSR count). The van der Waals surface area contributed by atoms with Crippen LogP contribution in [0, 0.1) is 0 Å². The van der Waals surface area contributed by atoms with Crippen LogP contribution in [0.2, 0.25) is 0 Å². The van der Waals surface area contributed by atoms with Gasteiger partial charge in [-0.05, 0) is 6.54 Å². The Morgan fingerprint density at radius 1 is 1.52 bits per heavy atom. The van der Waals surface area contributed by atoms with Crippen molar-refractivity contribution < 1.29 is 22.7 Å². The summed E-state index contributed by atoms with van der Waals surface area (Å²) < 4.78 is 37.7. The molecule has 8 nitrogen and oxygen atoms in total. The first-order valence-electron chi connectivity index (χ1n) is 7.00. The maximum absolute atomic E-state index is 12.0. The number of ether oxygens (including phenoxy) is 2. The van der Waals surface area contributed by atoms with E-state index < -0.39 is 16.2 Å². The third-order valence-corrected chi connectivity index (χ3v) is 4.97. The van der Waals surface area contributed by atoms with Gasteiger partial charge in [0, 0.05) is 33.2 Å². The lowest BCUT2D eigenvalue weighted by Gasteiger charge is -2.32. The van der Waals surface area contributed by atoms with E-state index in [4.69, 9.17) is 4.74 Å². The van der Waals surface area contributed by atoms with Crippen LogP contribution in [0.1, 0.15) is 13.3 Å². The number of likely N-dealkylation sites (N-methyl/N-ethyl adjacent to an activating group) is 1. The fourth-order valence-electron chi connectivity index (χ4n) is 1.97. The van der Waals surface area contributed by atoms with Crippen LogP contribution in [-0.4, -0.2) is 83.2 Å². The number of nitrogens with zero attached hydrogens (tertiary/aromatic N) is 2. The molecule has 0 aromatic carbocycles. The second-order valence-corrected chi connectivity index (χ2v) is 6.75. The summed E-state index contributed by atoms with van der Waals surface area (Å²) in [5, 5.41) is 0. The molecule has 1 saturated heterocycles. The van der Waals surface area contributed by atoms with Crippen molar-refractivity contribution in [3.05, 3.63) is 0 Å². The van der Waals surface area contributed by atoms with Crippen LogP contribution < -0.4 is 4.72 Å². The summed E-state index contributed by atoms with van der Waals surface area (Å²) in [6.07, 6.45) is -0.125. The highest BCUT2D eigenvalue weighted by molar-refractivity contribution is 7.87. The van der Waals surface area contributed by atoms with Crippen molar-refractivity contribution in [2.45, 2.75) is 19.4 Å². The van der Waals surface area contributed by atoms with Gasteiger partial charge in [-0.25, -0.2) is 0 Å². The minimum atomic E-state index is -3.61. The molecule has 21 heavy (non-hydrogen) atoms. The van der Waals surface area contributed by atoms with Gasteiger partial charge in [-0.1, -0.05) is 6.92 Å². The van der Waals surface area contributed by atoms with Gasteiger partial charge >= 0.3 is 5.97 Å². The Morgan fingerprint density at radius 3 is 2.86 bits per heavy atom. The minimum absolute atomic E-state index is 0.0252. The van der Waals surface area contributed by atoms with E-state index in [9.17, 15) is 13.2 Å². The van der Waals surface area contributed by atoms with Gasteiger partial charge in [-0.2, -0.15) is 17.4 Å². The molecule has 0 bridgehead atoms. The molecule has 0 aromatic heterocycles. The van der Waals surface area contributed by atoms with Crippen LogP contribution in [0.3, 0.4) is 0 Å². The molecule has 1 N–H and O–H groups in total. The van der Waals surface area contributed by atoms with E-state index >= 15 is 0 Å². The molecule has 0 spiro atoms. The fraction of sp³-hybridized carbons (Fsp3) is 0.917. The van der Waals surface area contributed by atoms with Crippen molar-refractivity contribution in [2.75, 3.05) is 53.5 Å². The molecular formula is C12H25N3O5S. The van der Waals surface area contributed by atoms with E-state index in [2.05, 4.69) is 21.3 Å². The van der Waals surface area contributed by atoms with E-state index in [1.807, 2.05) is 0 Å². The van der Waals surface area contributed by atoms with Crippen molar-refractivity contribution >= 4 is 16.2 Å². The van der Waals surface area contributed by atoms with Crippen LogP contribution in [0.15, 0.2) is 0 Å². The summed E-state index contributed by atoms with van der Waals surface area (Å²) in [6.45, 7) is 5.48. The number of methoxy groups -OCH3 is 1. The number of esters is 1. The highest BCUT2D eigenvalue weighted by atomic mass is 32.2. The van der Waals surface area contributed by atoms with Gasteiger partial charge in [0.2, 0.25) is 0 Å². The van der Waals surface area contributed by atoms with Crippen LogP contribution in [0.5, 0.6) is 0 Å². The zero-order valence-corrected chi connectivity index (χ0v) is 13.7. The first-order chi connectivity index (χ1) is 9.89. The quantitative estimate of drug-likeness (QED) is 0.579. The van der Waals surface area contributed by atoms with Gasteiger partial charge in [0.05, 0.1) is 26.2 Å². The number of hydrogen-bond acceptors (Lipinski definition) is 6. The molecule has 1 aliphatic heterocycles. The lowest BCUT2D eigenvalue weighted by Crippen LogP contribution is -2.49. The van der Waals surface area contributed by atoms with Crippen molar-refractivity contribution in [2.24, 2.45) is 0 Å². The Bertz CT molecular complexity index is 429. The van der Waals surface area contributed by atoms with Crippen LogP contribution in [0.4, 0.5) is 0 Å². The summed E-state index contributed by atoms with van der Waals surface area (Å²) in [6, 6.07) is 0. The van der Waals surface area contributed by atoms with E-state index in [1.165, 1.54) is 14.2 Å². The Labute approximate surface area is 126 Å². The van der Waals surface area contributed by atoms with Gasteiger partial charge in [0.25, 0.3) is 10.2 Å². The maximum Gasteiger partial charge on any atom is 0.306 e. The van der Waals surface area contributed by atoms with E-state index in [1.54, 1.807) is 0 Å². The predicted molar refractivity (Wildman–Crippen MR) is 78.0 cm³/mol. The molecule has 124 valence electrons. The fourth-order valence-corrected chi connectivity index (χ4v) is 2.92. The predicted octanol–water partition coefficient (Wildman–Crippen LogP) is -0.964. The molecule has 0 saturated carbocycles. The molecule has 0 radical (unpaired) electrons. The minimum Gasteiger partial charge on any atom is -0.469 e. The SMILES string of the molecule is CCN1CCOC(CNS(=O)(=O)N(C)CCC(=O)OC)C1. The smallest absolute Gasteiger partial charge is 0.306 e. The standard InChI is InChI=1S/C12H25N3O5S/c1-4-15-7-8-20-11(10-15)9-13-21(17,18)14(2)6-5-12(16)19-3/h11,13H,4-10H2,1-3H3. The highest BCUT2D eigenvalue weighted by Crippen LogP contribution is 2.05. The van der Waals surface area contributed by atoms with Crippen LogP contribution >= 0.6 is 0 Å². The third-order valence-electron chi connectivity index (χ3n) is 3.43. The zero-order valence-electron chi connectivity index (χ0n) is 12.9. The molecule has 1 fully saturated rings. The molecule has 9 heteroatoms. The number of morpholine rings is 1. The summed E-state index contributed by atoms with van der Waals surface area (Å²) >= 11 is 0. The van der Waals surface area contributed by atoms with Crippen molar-refractivity contribution in [3.63, 3.8) is 0 Å². The second kappa shape index (κ2) is 8.64. The van der Waals surface area contributed by atoms with E-state index in [0.717, 1.165) is 17.4 Å². The number of hydrogen-bond donors (Lipinski definition) is 1. The number of nitrogens with one attached hydrogen (secondary N) is 1.